The van der Waals surface area contributed by atoms with E-state index in [9.17, 15) is 9.59 Å². The van der Waals surface area contributed by atoms with Crippen LogP contribution in [-0.2, 0) is 9.53 Å². The molecule has 0 aliphatic rings. The molecule has 1 aromatic heterocycles. The number of ether oxygens (including phenoxy) is 2. The Balaban J connectivity index is 2.56. The van der Waals surface area contributed by atoms with Crippen LogP contribution >= 0.6 is 0 Å². The Morgan fingerprint density at radius 2 is 2.10 bits per heavy atom. The van der Waals surface area contributed by atoms with Gasteiger partial charge in [-0.05, 0) is 37.6 Å². The standard InChI is InChI=1S/C16H16O5/c1-4-20-16(18)10(2)7-11-8-15(17)21-14-9-12(19-3)5-6-13(11)14/h5-9H,4H2,1-3H3/b10-7+. The van der Waals surface area contributed by atoms with Gasteiger partial charge in [0.2, 0.25) is 0 Å². The number of hydrogen-bond donors (Lipinski definition) is 0. The predicted octanol–water partition coefficient (Wildman–Crippen LogP) is 2.77. The lowest BCUT2D eigenvalue weighted by Gasteiger charge is -2.05. The van der Waals surface area contributed by atoms with Gasteiger partial charge in [0.25, 0.3) is 0 Å². The molecule has 0 amide bonds. The Bertz CT molecular complexity index is 755. The fourth-order valence-electron chi connectivity index (χ4n) is 1.95. The van der Waals surface area contributed by atoms with Gasteiger partial charge in [0.15, 0.2) is 0 Å². The second-order valence-electron chi connectivity index (χ2n) is 4.43. The van der Waals surface area contributed by atoms with Gasteiger partial charge in [0, 0.05) is 23.1 Å². The molecule has 0 saturated heterocycles. The number of carbonyl (C=O) groups is 1. The van der Waals surface area contributed by atoms with Crippen molar-refractivity contribution in [1.82, 2.24) is 0 Å². The van der Waals surface area contributed by atoms with Crippen LogP contribution in [0.25, 0.3) is 17.0 Å². The fourth-order valence-corrected chi connectivity index (χ4v) is 1.95. The lowest BCUT2D eigenvalue weighted by molar-refractivity contribution is -0.138. The summed E-state index contributed by atoms with van der Waals surface area (Å²) >= 11 is 0. The molecule has 5 nitrogen and oxygen atoms in total. The van der Waals surface area contributed by atoms with Crippen LogP contribution in [0.2, 0.25) is 0 Å². The van der Waals surface area contributed by atoms with Gasteiger partial charge in [-0.3, -0.25) is 0 Å². The Morgan fingerprint density at radius 3 is 2.76 bits per heavy atom. The van der Waals surface area contributed by atoms with E-state index >= 15 is 0 Å². The second-order valence-corrected chi connectivity index (χ2v) is 4.43. The van der Waals surface area contributed by atoms with Crippen LogP contribution in [0.5, 0.6) is 5.75 Å². The Hall–Kier alpha value is -2.56. The van der Waals surface area contributed by atoms with E-state index in [2.05, 4.69) is 0 Å². The van der Waals surface area contributed by atoms with Gasteiger partial charge in [-0.25, -0.2) is 9.59 Å². The Kier molecular flexibility index (Phi) is 4.42. The van der Waals surface area contributed by atoms with E-state index in [0.717, 1.165) is 5.39 Å². The smallest absolute Gasteiger partial charge is 0.336 e. The maximum absolute atomic E-state index is 11.7. The molecule has 110 valence electrons. The highest BCUT2D eigenvalue weighted by molar-refractivity contribution is 5.96. The van der Waals surface area contributed by atoms with Crippen LogP contribution < -0.4 is 10.4 Å². The van der Waals surface area contributed by atoms with Crippen molar-refractivity contribution in [1.29, 1.82) is 0 Å². The maximum atomic E-state index is 11.7. The average Bonchev–Trinajstić information content (AvgIpc) is 2.46. The fraction of sp³-hybridized carbons (Fsp3) is 0.250. The van der Waals surface area contributed by atoms with Gasteiger partial charge in [-0.15, -0.1) is 0 Å². The zero-order chi connectivity index (χ0) is 15.4. The maximum Gasteiger partial charge on any atom is 0.336 e. The van der Waals surface area contributed by atoms with Crippen molar-refractivity contribution in [2.75, 3.05) is 13.7 Å². The third-order valence-corrected chi connectivity index (χ3v) is 2.95. The van der Waals surface area contributed by atoms with Gasteiger partial charge >= 0.3 is 11.6 Å². The molecule has 0 radical (unpaired) electrons. The molecule has 2 aromatic rings. The van der Waals surface area contributed by atoms with E-state index in [1.807, 2.05) is 0 Å². The summed E-state index contributed by atoms with van der Waals surface area (Å²) in [6, 6.07) is 6.52. The normalized spacial score (nSPS) is 11.5. The summed E-state index contributed by atoms with van der Waals surface area (Å²) in [6.45, 7) is 3.69. The highest BCUT2D eigenvalue weighted by Gasteiger charge is 2.09. The van der Waals surface area contributed by atoms with Crippen LogP contribution in [0.3, 0.4) is 0 Å². The van der Waals surface area contributed by atoms with Gasteiger partial charge in [0.1, 0.15) is 11.3 Å². The van der Waals surface area contributed by atoms with Crippen molar-refractivity contribution in [3.63, 3.8) is 0 Å². The van der Waals surface area contributed by atoms with Crippen LogP contribution in [0, 0.1) is 0 Å². The first-order chi connectivity index (χ1) is 10.0. The molecule has 0 atom stereocenters. The molecule has 0 aliphatic carbocycles. The van der Waals surface area contributed by atoms with Gasteiger partial charge in [0.05, 0.1) is 13.7 Å². The number of benzene rings is 1. The highest BCUT2D eigenvalue weighted by atomic mass is 16.5. The first-order valence-electron chi connectivity index (χ1n) is 6.52. The molecular formula is C16H16O5. The quantitative estimate of drug-likeness (QED) is 0.491. The summed E-state index contributed by atoms with van der Waals surface area (Å²) in [5.41, 5.74) is 0.942. The topological polar surface area (TPSA) is 65.7 Å². The van der Waals surface area contributed by atoms with Gasteiger partial charge in [-0.1, -0.05) is 0 Å². The minimum Gasteiger partial charge on any atom is -0.497 e. The summed E-state index contributed by atoms with van der Waals surface area (Å²) < 4.78 is 15.2. The van der Waals surface area contributed by atoms with Gasteiger partial charge < -0.3 is 13.9 Å². The van der Waals surface area contributed by atoms with Crippen molar-refractivity contribution in [3.05, 3.63) is 45.8 Å². The SMILES string of the molecule is CCOC(=O)/C(C)=C/c1cc(=O)oc2cc(OC)ccc12. The number of hydrogen-bond acceptors (Lipinski definition) is 5. The molecule has 0 spiro atoms. The van der Waals surface area contributed by atoms with Gasteiger partial charge in [-0.2, -0.15) is 0 Å². The van der Waals surface area contributed by atoms with E-state index in [1.54, 1.807) is 38.1 Å². The van der Waals surface area contributed by atoms with Crippen molar-refractivity contribution in [2.24, 2.45) is 0 Å². The van der Waals surface area contributed by atoms with E-state index in [4.69, 9.17) is 13.9 Å². The monoisotopic (exact) mass is 288 g/mol. The molecule has 0 unspecified atom stereocenters. The molecule has 2 rings (SSSR count). The zero-order valence-electron chi connectivity index (χ0n) is 12.1. The minimum absolute atomic E-state index is 0.304. The number of esters is 1. The molecule has 1 aromatic carbocycles. The number of rotatable bonds is 4. The molecule has 0 N–H and O–H groups in total. The van der Waals surface area contributed by atoms with Crippen LogP contribution in [0.1, 0.15) is 19.4 Å². The Morgan fingerprint density at radius 1 is 1.33 bits per heavy atom. The summed E-state index contributed by atoms with van der Waals surface area (Å²) in [7, 11) is 1.54. The second kappa shape index (κ2) is 6.26. The molecular weight excluding hydrogens is 272 g/mol. The van der Waals surface area contributed by atoms with Crippen molar-refractivity contribution in [2.45, 2.75) is 13.8 Å². The van der Waals surface area contributed by atoms with Crippen LogP contribution in [-0.4, -0.2) is 19.7 Å². The molecule has 0 aliphatic heterocycles. The minimum atomic E-state index is -0.487. The molecule has 0 saturated carbocycles. The van der Waals surface area contributed by atoms with Crippen molar-refractivity contribution < 1.29 is 18.7 Å². The van der Waals surface area contributed by atoms with Crippen LogP contribution in [0.4, 0.5) is 0 Å². The predicted molar refractivity (Wildman–Crippen MR) is 79.3 cm³/mol. The van der Waals surface area contributed by atoms with Crippen molar-refractivity contribution >= 4 is 23.0 Å². The third kappa shape index (κ3) is 3.31. The molecule has 1 heterocycles. The number of carbonyl (C=O) groups excluding carboxylic acids is 1. The third-order valence-electron chi connectivity index (χ3n) is 2.95. The lowest BCUT2D eigenvalue weighted by Crippen LogP contribution is -2.05. The highest BCUT2D eigenvalue weighted by Crippen LogP contribution is 2.24. The molecule has 21 heavy (non-hydrogen) atoms. The van der Waals surface area contributed by atoms with Crippen LogP contribution in [0.15, 0.2) is 39.1 Å². The zero-order valence-corrected chi connectivity index (χ0v) is 12.1. The average molecular weight is 288 g/mol. The lowest BCUT2D eigenvalue weighted by atomic mass is 10.1. The summed E-state index contributed by atoms with van der Waals surface area (Å²) in [6.07, 6.45) is 1.61. The first kappa shape index (κ1) is 14.8. The van der Waals surface area contributed by atoms with E-state index in [0.29, 0.717) is 29.1 Å². The van der Waals surface area contributed by atoms with E-state index in [-0.39, 0.29) is 0 Å². The number of methoxy groups -OCH3 is 1. The largest absolute Gasteiger partial charge is 0.497 e. The van der Waals surface area contributed by atoms with Crippen molar-refractivity contribution in [3.8, 4) is 5.75 Å². The molecule has 5 heteroatoms. The summed E-state index contributed by atoms with van der Waals surface area (Å²) in [5, 5.41) is 0.721. The summed E-state index contributed by atoms with van der Waals surface area (Å²) in [4.78, 5) is 23.3. The first-order valence-corrected chi connectivity index (χ1v) is 6.52. The molecule has 0 bridgehead atoms. The summed E-state index contributed by atoms with van der Waals surface area (Å²) in [5.74, 6) is 0.182. The number of fused-ring (bicyclic) bond motifs is 1. The molecule has 0 fully saturated rings. The van der Waals surface area contributed by atoms with E-state index < -0.39 is 11.6 Å². The Labute approximate surface area is 121 Å². The van der Waals surface area contributed by atoms with E-state index in [1.165, 1.54) is 13.2 Å².